The lowest BCUT2D eigenvalue weighted by Crippen LogP contribution is -2.24. The van der Waals surface area contributed by atoms with Gasteiger partial charge < -0.3 is 4.74 Å². The van der Waals surface area contributed by atoms with E-state index in [1.54, 1.807) is 20.8 Å². The van der Waals surface area contributed by atoms with Gasteiger partial charge in [-0.1, -0.05) is 12.1 Å². The lowest BCUT2D eigenvalue weighted by atomic mass is 10.1. The summed E-state index contributed by atoms with van der Waals surface area (Å²) in [6, 6.07) is 5.66. The average molecular weight is 287 g/mol. The summed E-state index contributed by atoms with van der Waals surface area (Å²) >= 11 is 0. The molecule has 0 aliphatic carbocycles. The molecule has 0 spiro atoms. The third-order valence-electron chi connectivity index (χ3n) is 2.11. The van der Waals surface area contributed by atoms with Crippen LogP contribution in [0, 0.1) is 0 Å². The molecule has 0 bridgehead atoms. The van der Waals surface area contributed by atoms with E-state index in [2.05, 4.69) is 10.2 Å². The van der Waals surface area contributed by atoms with Gasteiger partial charge in [0.05, 0.1) is 11.3 Å². The number of hydrogen-bond donors (Lipinski definition) is 1. The molecule has 7 heteroatoms. The van der Waals surface area contributed by atoms with Crippen molar-refractivity contribution in [3.05, 3.63) is 29.8 Å². The van der Waals surface area contributed by atoms with Gasteiger partial charge in [-0.2, -0.15) is 18.6 Å². The van der Waals surface area contributed by atoms with Gasteiger partial charge in [0, 0.05) is 0 Å². The largest absolute Gasteiger partial charge is 0.460 e. The second-order valence-electron chi connectivity index (χ2n) is 4.96. The summed E-state index contributed by atoms with van der Waals surface area (Å²) in [6.07, 6.45) is 0.0705. The Morgan fingerprint density at radius 3 is 2.16 bits per heavy atom. The van der Waals surface area contributed by atoms with Crippen molar-refractivity contribution in [1.82, 2.24) is 0 Å². The Labute approximate surface area is 112 Å². The highest BCUT2D eigenvalue weighted by molar-refractivity contribution is 7.86. The van der Waals surface area contributed by atoms with E-state index in [0.717, 1.165) is 0 Å². The molecule has 19 heavy (non-hydrogen) atoms. The van der Waals surface area contributed by atoms with Crippen LogP contribution in [0.25, 0.3) is 0 Å². The van der Waals surface area contributed by atoms with Crippen LogP contribution < -0.4 is 5.90 Å². The van der Waals surface area contributed by atoms with E-state index in [9.17, 15) is 13.2 Å². The summed E-state index contributed by atoms with van der Waals surface area (Å²) in [7, 11) is -3.91. The zero-order valence-electron chi connectivity index (χ0n) is 11.0. The van der Waals surface area contributed by atoms with E-state index >= 15 is 0 Å². The SMILES string of the molecule is CC(C)(C)OC(=O)Cc1ccc(S(=O)(=O)ON)cc1. The van der Waals surface area contributed by atoms with Crippen LogP contribution in [0.1, 0.15) is 26.3 Å². The molecular formula is C12H17NO5S. The van der Waals surface area contributed by atoms with Crippen LogP contribution in [0.3, 0.4) is 0 Å². The smallest absolute Gasteiger partial charge is 0.312 e. The molecule has 0 heterocycles. The minimum Gasteiger partial charge on any atom is -0.460 e. The van der Waals surface area contributed by atoms with Crippen molar-refractivity contribution in [2.75, 3.05) is 0 Å². The molecule has 0 fully saturated rings. The number of carbonyl (C=O) groups excluding carboxylic acids is 1. The highest BCUT2D eigenvalue weighted by atomic mass is 32.2. The highest BCUT2D eigenvalue weighted by Crippen LogP contribution is 2.14. The van der Waals surface area contributed by atoms with Crippen molar-refractivity contribution >= 4 is 16.1 Å². The standard InChI is InChI=1S/C12H17NO5S/c1-12(2,3)17-11(14)8-9-4-6-10(7-5-9)19(15,16)18-13/h4-7H,8,13H2,1-3H3. The van der Waals surface area contributed by atoms with Crippen LogP contribution in [0.15, 0.2) is 29.2 Å². The summed E-state index contributed by atoms with van der Waals surface area (Å²) in [5, 5.41) is 0. The van der Waals surface area contributed by atoms with E-state index in [1.807, 2.05) is 0 Å². The third kappa shape index (κ3) is 4.98. The van der Waals surface area contributed by atoms with E-state index in [4.69, 9.17) is 4.74 Å². The first-order valence-corrected chi connectivity index (χ1v) is 6.99. The van der Waals surface area contributed by atoms with Gasteiger partial charge in [0.2, 0.25) is 0 Å². The molecule has 0 aliphatic heterocycles. The second-order valence-corrected chi connectivity index (χ2v) is 6.53. The monoisotopic (exact) mass is 287 g/mol. The maximum Gasteiger partial charge on any atom is 0.312 e. The maximum absolute atomic E-state index is 11.6. The van der Waals surface area contributed by atoms with Crippen LogP contribution in [-0.4, -0.2) is 20.0 Å². The minimum absolute atomic E-state index is 0.0667. The summed E-state index contributed by atoms with van der Waals surface area (Å²) in [6.45, 7) is 5.33. The predicted molar refractivity (Wildman–Crippen MR) is 68.4 cm³/mol. The predicted octanol–water partition coefficient (Wildman–Crippen LogP) is 1.15. The van der Waals surface area contributed by atoms with Gasteiger partial charge in [0.25, 0.3) is 0 Å². The molecule has 0 unspecified atom stereocenters. The lowest BCUT2D eigenvalue weighted by Gasteiger charge is -2.19. The number of carbonyl (C=O) groups is 1. The van der Waals surface area contributed by atoms with Crippen molar-refractivity contribution in [2.45, 2.75) is 37.7 Å². The lowest BCUT2D eigenvalue weighted by molar-refractivity contribution is -0.153. The molecule has 0 atom stereocenters. The summed E-state index contributed by atoms with van der Waals surface area (Å²) < 4.78 is 31.6. The Morgan fingerprint density at radius 2 is 1.74 bits per heavy atom. The summed E-state index contributed by atoms with van der Waals surface area (Å²) in [5.74, 6) is 4.29. The third-order valence-corrected chi connectivity index (χ3v) is 3.21. The zero-order chi connectivity index (χ0) is 14.7. The fraction of sp³-hybridized carbons (Fsp3) is 0.417. The number of esters is 1. The van der Waals surface area contributed by atoms with Gasteiger partial charge in [0.1, 0.15) is 5.60 Å². The Bertz CT molecular complexity index is 542. The molecule has 0 saturated carbocycles. The first-order valence-electron chi connectivity index (χ1n) is 5.58. The molecule has 0 aromatic heterocycles. The van der Waals surface area contributed by atoms with Crippen molar-refractivity contribution in [3.63, 3.8) is 0 Å². The maximum atomic E-state index is 11.6. The summed E-state index contributed by atoms with van der Waals surface area (Å²) in [5.41, 5.74) is 0.0959. The fourth-order valence-corrected chi connectivity index (χ4v) is 1.95. The van der Waals surface area contributed by atoms with Crippen molar-refractivity contribution < 1.29 is 22.2 Å². The summed E-state index contributed by atoms with van der Waals surface area (Å²) in [4.78, 5) is 11.5. The average Bonchev–Trinajstić information content (AvgIpc) is 2.27. The number of ether oxygens (including phenoxy) is 1. The van der Waals surface area contributed by atoms with Crippen LogP contribution in [0.4, 0.5) is 0 Å². The molecule has 1 aromatic carbocycles. The minimum atomic E-state index is -3.91. The molecule has 0 saturated heterocycles. The Hall–Kier alpha value is -1.44. The van der Waals surface area contributed by atoms with Gasteiger partial charge in [-0.3, -0.25) is 4.79 Å². The Balaban J connectivity index is 2.76. The second kappa shape index (κ2) is 5.68. The highest BCUT2D eigenvalue weighted by Gasteiger charge is 2.17. The van der Waals surface area contributed by atoms with E-state index < -0.39 is 15.7 Å². The van der Waals surface area contributed by atoms with Crippen molar-refractivity contribution in [3.8, 4) is 0 Å². The van der Waals surface area contributed by atoms with Gasteiger partial charge in [-0.05, 0) is 38.5 Å². The van der Waals surface area contributed by atoms with Crippen molar-refractivity contribution in [2.24, 2.45) is 5.90 Å². The quantitative estimate of drug-likeness (QED) is 0.659. The first kappa shape index (κ1) is 15.6. The number of nitrogens with two attached hydrogens (primary N) is 1. The Morgan fingerprint density at radius 1 is 1.21 bits per heavy atom. The van der Waals surface area contributed by atoms with E-state index in [1.165, 1.54) is 24.3 Å². The molecule has 0 aliphatic rings. The van der Waals surface area contributed by atoms with Gasteiger partial charge in [-0.15, -0.1) is 0 Å². The Kier molecular flexibility index (Phi) is 4.67. The van der Waals surface area contributed by atoms with E-state index in [0.29, 0.717) is 5.56 Å². The van der Waals surface area contributed by atoms with Crippen LogP contribution >= 0.6 is 0 Å². The van der Waals surface area contributed by atoms with Crippen LogP contribution in [-0.2, 0) is 30.4 Å². The first-order chi connectivity index (χ1) is 8.64. The number of benzene rings is 1. The van der Waals surface area contributed by atoms with Crippen molar-refractivity contribution in [1.29, 1.82) is 0 Å². The van der Waals surface area contributed by atoms with E-state index in [-0.39, 0.29) is 17.3 Å². The molecule has 0 radical (unpaired) electrons. The van der Waals surface area contributed by atoms with Gasteiger partial charge in [-0.25, -0.2) is 0 Å². The van der Waals surface area contributed by atoms with Gasteiger partial charge >= 0.3 is 16.1 Å². The topological polar surface area (TPSA) is 95.7 Å². The van der Waals surface area contributed by atoms with Crippen LogP contribution in [0.5, 0.6) is 0 Å². The molecule has 0 amide bonds. The fourth-order valence-electron chi connectivity index (χ4n) is 1.37. The number of rotatable bonds is 4. The zero-order valence-corrected chi connectivity index (χ0v) is 11.9. The molecule has 1 rings (SSSR count). The molecular weight excluding hydrogens is 270 g/mol. The van der Waals surface area contributed by atoms with Gasteiger partial charge in [0.15, 0.2) is 0 Å². The normalized spacial score (nSPS) is 12.2. The number of hydrogen-bond acceptors (Lipinski definition) is 6. The van der Waals surface area contributed by atoms with Crippen LogP contribution in [0.2, 0.25) is 0 Å². The molecule has 1 aromatic rings. The molecule has 2 N–H and O–H groups in total. The molecule has 106 valence electrons. The molecule has 6 nitrogen and oxygen atoms in total.